The van der Waals surface area contributed by atoms with Crippen molar-refractivity contribution >= 4 is 23.9 Å². The highest BCUT2D eigenvalue weighted by Crippen LogP contribution is 2.30. The summed E-state index contributed by atoms with van der Waals surface area (Å²) in [5, 5.41) is 3.62. The van der Waals surface area contributed by atoms with E-state index in [0.29, 0.717) is 0 Å². The normalized spacial score (nSPS) is 16.9. The second-order valence-corrected chi connectivity index (χ2v) is 5.99. The summed E-state index contributed by atoms with van der Waals surface area (Å²) in [5.41, 5.74) is 1.42. The van der Waals surface area contributed by atoms with E-state index in [1.54, 1.807) is 0 Å². The van der Waals surface area contributed by atoms with E-state index < -0.39 is 11.7 Å². The second-order valence-electron chi connectivity index (χ2n) is 4.77. The smallest absolute Gasteiger partial charge is 0.293 e. The summed E-state index contributed by atoms with van der Waals surface area (Å²) in [6.07, 6.45) is -3.43. The fourth-order valence-electron chi connectivity index (χ4n) is 2.04. The van der Waals surface area contributed by atoms with Gasteiger partial charge in [0.25, 0.3) is 5.91 Å². The van der Waals surface area contributed by atoms with E-state index in [9.17, 15) is 18.0 Å². The van der Waals surface area contributed by atoms with Crippen molar-refractivity contribution in [3.8, 4) is 0 Å². The number of hydrogen-bond donors (Lipinski definition) is 1. The third-order valence-corrected chi connectivity index (χ3v) is 4.07. The van der Waals surface area contributed by atoms with Gasteiger partial charge in [-0.05, 0) is 6.07 Å². The Balaban J connectivity index is 1.91. The molecule has 1 N–H and O–H groups in total. The maximum atomic E-state index is 12.8. The lowest BCUT2D eigenvalue weighted by Gasteiger charge is -2.24. The van der Waals surface area contributed by atoms with Crippen LogP contribution in [0.15, 0.2) is 29.4 Å². The molecule has 0 unspecified atom stereocenters. The summed E-state index contributed by atoms with van der Waals surface area (Å²) in [6, 6.07) is 5.09. The standard InChI is InChI=1S/C14H16F3N3OS/c15-14(16,17)12-4-2-1-3-11(12)9-18-19-13(21)10-20-5-7-22-8-6-20/h1-4,9H,5-8,10H2,(H,19,21). The molecular formula is C14H16F3N3OS. The van der Waals surface area contributed by atoms with Gasteiger partial charge >= 0.3 is 6.18 Å². The van der Waals surface area contributed by atoms with Crippen molar-refractivity contribution in [3.05, 3.63) is 35.4 Å². The molecule has 0 saturated carbocycles. The summed E-state index contributed by atoms with van der Waals surface area (Å²) in [7, 11) is 0. The minimum Gasteiger partial charge on any atom is -0.293 e. The molecule has 1 heterocycles. The molecule has 1 aliphatic rings. The van der Waals surface area contributed by atoms with Crippen LogP contribution >= 0.6 is 11.8 Å². The minimum absolute atomic E-state index is 0.0790. The number of carbonyl (C=O) groups excluding carboxylic acids is 1. The summed E-state index contributed by atoms with van der Waals surface area (Å²) in [4.78, 5) is 13.7. The molecule has 0 spiro atoms. The van der Waals surface area contributed by atoms with Gasteiger partial charge in [-0.15, -0.1) is 0 Å². The molecule has 22 heavy (non-hydrogen) atoms. The van der Waals surface area contributed by atoms with E-state index >= 15 is 0 Å². The Kier molecular flexibility index (Phi) is 5.84. The molecule has 4 nitrogen and oxygen atoms in total. The van der Waals surface area contributed by atoms with Crippen LogP contribution in [0.1, 0.15) is 11.1 Å². The van der Waals surface area contributed by atoms with Crippen molar-refractivity contribution in [3.63, 3.8) is 0 Å². The lowest BCUT2D eigenvalue weighted by molar-refractivity contribution is -0.137. The van der Waals surface area contributed by atoms with Crippen LogP contribution in [0.3, 0.4) is 0 Å². The first-order valence-electron chi connectivity index (χ1n) is 6.75. The van der Waals surface area contributed by atoms with Crippen LogP contribution in [0.4, 0.5) is 13.2 Å². The lowest BCUT2D eigenvalue weighted by atomic mass is 10.1. The molecule has 120 valence electrons. The van der Waals surface area contributed by atoms with Gasteiger partial charge in [-0.25, -0.2) is 5.43 Å². The molecular weight excluding hydrogens is 315 g/mol. The van der Waals surface area contributed by atoms with Gasteiger partial charge in [0.2, 0.25) is 0 Å². The molecule has 1 fully saturated rings. The molecule has 1 aliphatic heterocycles. The van der Waals surface area contributed by atoms with Crippen molar-refractivity contribution < 1.29 is 18.0 Å². The van der Waals surface area contributed by atoms with E-state index in [0.717, 1.165) is 36.9 Å². The number of nitrogens with zero attached hydrogens (tertiary/aromatic N) is 2. The summed E-state index contributed by atoms with van der Waals surface area (Å²) in [6.45, 7) is 1.87. The molecule has 2 rings (SSSR count). The molecule has 1 saturated heterocycles. The number of hydrazone groups is 1. The van der Waals surface area contributed by atoms with E-state index in [2.05, 4.69) is 10.5 Å². The Morgan fingerprint density at radius 3 is 2.68 bits per heavy atom. The summed E-state index contributed by atoms with van der Waals surface area (Å²) >= 11 is 1.84. The van der Waals surface area contributed by atoms with Crippen molar-refractivity contribution in [2.75, 3.05) is 31.1 Å². The SMILES string of the molecule is O=C(CN1CCSCC1)NN=Cc1ccccc1C(F)(F)F. The molecule has 0 radical (unpaired) electrons. The van der Waals surface area contributed by atoms with E-state index in [1.807, 2.05) is 16.7 Å². The van der Waals surface area contributed by atoms with E-state index in [4.69, 9.17) is 0 Å². The number of amides is 1. The molecule has 0 atom stereocenters. The van der Waals surface area contributed by atoms with Crippen LogP contribution in [0.5, 0.6) is 0 Å². The quantitative estimate of drug-likeness (QED) is 0.680. The van der Waals surface area contributed by atoms with Gasteiger partial charge < -0.3 is 0 Å². The number of thioether (sulfide) groups is 1. The number of nitrogens with one attached hydrogen (secondary N) is 1. The highest BCUT2D eigenvalue weighted by molar-refractivity contribution is 7.99. The average molecular weight is 331 g/mol. The Hall–Kier alpha value is -1.54. The Morgan fingerprint density at radius 2 is 2.00 bits per heavy atom. The molecule has 1 aromatic rings. The molecule has 1 aromatic carbocycles. The second kappa shape index (κ2) is 7.64. The fraction of sp³-hybridized carbons (Fsp3) is 0.429. The predicted molar refractivity (Wildman–Crippen MR) is 80.9 cm³/mol. The Morgan fingerprint density at radius 1 is 1.32 bits per heavy atom. The molecule has 1 amide bonds. The number of alkyl halides is 3. The fourth-order valence-corrected chi connectivity index (χ4v) is 3.02. The van der Waals surface area contributed by atoms with Gasteiger partial charge in [-0.3, -0.25) is 9.69 Å². The monoisotopic (exact) mass is 331 g/mol. The first kappa shape index (κ1) is 16.8. The van der Waals surface area contributed by atoms with Crippen LogP contribution in [-0.4, -0.2) is 48.2 Å². The van der Waals surface area contributed by atoms with Crippen LogP contribution in [0, 0.1) is 0 Å². The van der Waals surface area contributed by atoms with Gasteiger partial charge in [0.15, 0.2) is 0 Å². The zero-order valence-electron chi connectivity index (χ0n) is 11.8. The number of carbonyl (C=O) groups is 1. The number of hydrogen-bond acceptors (Lipinski definition) is 4. The topological polar surface area (TPSA) is 44.7 Å². The zero-order valence-corrected chi connectivity index (χ0v) is 12.6. The van der Waals surface area contributed by atoms with Gasteiger partial charge in [0, 0.05) is 30.2 Å². The lowest BCUT2D eigenvalue weighted by Crippen LogP contribution is -2.40. The van der Waals surface area contributed by atoms with Crippen molar-refractivity contribution in [2.24, 2.45) is 5.10 Å². The number of rotatable bonds is 4. The van der Waals surface area contributed by atoms with Crippen molar-refractivity contribution in [2.45, 2.75) is 6.18 Å². The maximum absolute atomic E-state index is 12.8. The van der Waals surface area contributed by atoms with Crippen LogP contribution in [0.2, 0.25) is 0 Å². The van der Waals surface area contributed by atoms with Crippen LogP contribution in [-0.2, 0) is 11.0 Å². The third kappa shape index (κ3) is 5.03. The highest BCUT2D eigenvalue weighted by Gasteiger charge is 2.32. The first-order chi connectivity index (χ1) is 10.5. The average Bonchev–Trinajstić information content (AvgIpc) is 2.48. The zero-order chi connectivity index (χ0) is 16.0. The number of halogens is 3. The Labute approximate surface area is 130 Å². The highest BCUT2D eigenvalue weighted by atomic mass is 32.2. The van der Waals surface area contributed by atoms with Crippen molar-refractivity contribution in [1.82, 2.24) is 10.3 Å². The minimum atomic E-state index is -4.45. The molecule has 0 aromatic heterocycles. The predicted octanol–water partition coefficient (Wildman–Crippen LogP) is 2.20. The Bertz CT molecular complexity index is 542. The number of benzene rings is 1. The van der Waals surface area contributed by atoms with Gasteiger partial charge in [-0.1, -0.05) is 18.2 Å². The van der Waals surface area contributed by atoms with E-state index in [-0.39, 0.29) is 18.0 Å². The van der Waals surface area contributed by atoms with Gasteiger partial charge in [-0.2, -0.15) is 30.0 Å². The summed E-state index contributed by atoms with van der Waals surface area (Å²) in [5.74, 6) is 1.64. The molecule has 0 aliphatic carbocycles. The summed E-state index contributed by atoms with van der Waals surface area (Å²) < 4.78 is 38.4. The largest absolute Gasteiger partial charge is 0.417 e. The van der Waals surface area contributed by atoms with Crippen LogP contribution < -0.4 is 5.43 Å². The van der Waals surface area contributed by atoms with Crippen LogP contribution in [0.25, 0.3) is 0 Å². The third-order valence-electron chi connectivity index (χ3n) is 3.13. The first-order valence-corrected chi connectivity index (χ1v) is 7.90. The van der Waals surface area contributed by atoms with Crippen molar-refractivity contribution in [1.29, 1.82) is 0 Å². The van der Waals surface area contributed by atoms with Gasteiger partial charge in [0.05, 0.1) is 18.3 Å². The molecule has 0 bridgehead atoms. The van der Waals surface area contributed by atoms with E-state index in [1.165, 1.54) is 18.2 Å². The maximum Gasteiger partial charge on any atom is 0.417 e. The van der Waals surface area contributed by atoms with Gasteiger partial charge in [0.1, 0.15) is 0 Å². The molecule has 8 heteroatoms.